The molecule has 1 aliphatic heterocycles. The zero-order valence-electron chi connectivity index (χ0n) is 17.0. The zero-order valence-corrected chi connectivity index (χ0v) is 20.9. The number of carbonyl (C=O) groups is 2. The van der Waals surface area contributed by atoms with E-state index in [1.807, 2.05) is 0 Å². The first-order valence-corrected chi connectivity index (χ1v) is 13.3. The number of hydrogen-bond acceptors (Lipinski definition) is 4. The number of amides is 2. The maximum absolute atomic E-state index is 13.8. The predicted octanol–water partition coefficient (Wildman–Crippen LogP) is 5.41. The van der Waals surface area contributed by atoms with Crippen LogP contribution in [0.5, 0.6) is 0 Å². The monoisotopic (exact) mass is 558 g/mol. The average molecular weight is 560 g/mol. The zero-order chi connectivity index (χ0) is 23.0. The Bertz CT molecular complexity index is 1150. The third-order valence-corrected chi connectivity index (χ3v) is 9.10. The summed E-state index contributed by atoms with van der Waals surface area (Å²) < 4.78 is 29.7. The third kappa shape index (κ3) is 4.48. The van der Waals surface area contributed by atoms with Gasteiger partial charge in [-0.15, -0.1) is 0 Å². The highest BCUT2D eigenvalue weighted by atomic mass is 79.9. The highest BCUT2D eigenvalue weighted by Gasteiger charge is 2.49. The number of sulfonamides is 1. The molecule has 0 radical (unpaired) electrons. The number of rotatable bonds is 5. The molecule has 1 heterocycles. The van der Waals surface area contributed by atoms with Crippen molar-refractivity contribution in [1.82, 2.24) is 4.31 Å². The standard InChI is InChI=1S/C22H21BrCl2N2O4S/c23-14-6-9-16(10-7-14)26-21(28)13-19(22(26)29)27(17-4-2-1-3-5-17)32(30,31)20-12-15(24)8-11-18(20)25/h6-12,17,19H,1-5,13H2. The van der Waals surface area contributed by atoms with E-state index in [4.69, 9.17) is 23.2 Å². The summed E-state index contributed by atoms with van der Waals surface area (Å²) in [7, 11) is -4.20. The number of halogens is 3. The van der Waals surface area contributed by atoms with Crippen molar-refractivity contribution < 1.29 is 18.0 Å². The Kier molecular flexibility index (Phi) is 6.98. The van der Waals surface area contributed by atoms with Crippen LogP contribution in [0.2, 0.25) is 10.0 Å². The van der Waals surface area contributed by atoms with Crippen LogP contribution in [-0.2, 0) is 19.6 Å². The quantitative estimate of drug-likeness (QED) is 0.459. The molecule has 170 valence electrons. The molecule has 2 fully saturated rings. The van der Waals surface area contributed by atoms with Gasteiger partial charge in [-0.25, -0.2) is 13.3 Å². The van der Waals surface area contributed by atoms with Crippen LogP contribution in [0.25, 0.3) is 0 Å². The molecule has 0 N–H and O–H groups in total. The molecular formula is C22H21BrCl2N2O4S. The first kappa shape index (κ1) is 23.7. The molecule has 32 heavy (non-hydrogen) atoms. The van der Waals surface area contributed by atoms with Gasteiger partial charge in [0.1, 0.15) is 10.9 Å². The first-order chi connectivity index (χ1) is 15.2. The van der Waals surface area contributed by atoms with Gasteiger partial charge in [0.2, 0.25) is 15.9 Å². The van der Waals surface area contributed by atoms with E-state index in [-0.39, 0.29) is 21.4 Å². The van der Waals surface area contributed by atoms with Crippen molar-refractivity contribution in [3.05, 3.63) is 57.0 Å². The molecule has 4 rings (SSSR count). The number of carbonyl (C=O) groups excluding carboxylic acids is 2. The number of hydrogen-bond donors (Lipinski definition) is 0. The molecule has 0 bridgehead atoms. The molecule has 2 aromatic carbocycles. The fourth-order valence-corrected chi connectivity index (χ4v) is 7.25. The summed E-state index contributed by atoms with van der Waals surface area (Å²) in [6.07, 6.45) is 3.73. The Morgan fingerprint density at radius 1 is 0.969 bits per heavy atom. The maximum atomic E-state index is 13.8. The summed E-state index contributed by atoms with van der Waals surface area (Å²) in [6.45, 7) is 0. The van der Waals surface area contributed by atoms with Gasteiger partial charge in [-0.3, -0.25) is 9.59 Å². The van der Waals surface area contributed by atoms with Gasteiger partial charge < -0.3 is 0 Å². The van der Waals surface area contributed by atoms with Crippen molar-refractivity contribution in [3.63, 3.8) is 0 Å². The van der Waals surface area contributed by atoms with Crippen molar-refractivity contribution in [3.8, 4) is 0 Å². The van der Waals surface area contributed by atoms with Crippen LogP contribution in [0.15, 0.2) is 51.8 Å². The van der Waals surface area contributed by atoms with Crippen LogP contribution < -0.4 is 4.90 Å². The van der Waals surface area contributed by atoms with Gasteiger partial charge in [-0.05, 0) is 55.3 Å². The van der Waals surface area contributed by atoms with Crippen molar-refractivity contribution in [2.45, 2.75) is 55.5 Å². The Morgan fingerprint density at radius 3 is 2.28 bits per heavy atom. The van der Waals surface area contributed by atoms with E-state index in [1.165, 1.54) is 22.5 Å². The fraction of sp³-hybridized carbons (Fsp3) is 0.364. The second kappa shape index (κ2) is 9.43. The lowest BCUT2D eigenvalue weighted by molar-refractivity contribution is -0.122. The summed E-state index contributed by atoms with van der Waals surface area (Å²) in [5.41, 5.74) is 0.410. The van der Waals surface area contributed by atoms with Crippen molar-refractivity contribution >= 4 is 66.7 Å². The van der Waals surface area contributed by atoms with Gasteiger partial charge in [0, 0.05) is 15.5 Å². The Morgan fingerprint density at radius 2 is 1.62 bits per heavy atom. The highest BCUT2D eigenvalue weighted by Crippen LogP contribution is 2.37. The molecule has 1 atom stereocenters. The lowest BCUT2D eigenvalue weighted by atomic mass is 9.94. The minimum Gasteiger partial charge on any atom is -0.274 e. The minimum atomic E-state index is -4.20. The molecule has 2 aliphatic rings. The molecule has 6 nitrogen and oxygen atoms in total. The van der Waals surface area contributed by atoms with Gasteiger partial charge in [-0.1, -0.05) is 58.4 Å². The van der Waals surface area contributed by atoms with Crippen molar-refractivity contribution in [2.24, 2.45) is 0 Å². The second-order valence-electron chi connectivity index (χ2n) is 7.97. The molecule has 2 amide bonds. The summed E-state index contributed by atoms with van der Waals surface area (Å²) in [5, 5.41) is 0.249. The smallest absolute Gasteiger partial charge is 0.252 e. The molecule has 0 spiro atoms. The van der Waals surface area contributed by atoms with Gasteiger partial charge in [0.15, 0.2) is 0 Å². The number of anilines is 1. The van der Waals surface area contributed by atoms with Crippen LogP contribution in [0.4, 0.5) is 5.69 Å². The molecule has 1 unspecified atom stereocenters. The van der Waals surface area contributed by atoms with Gasteiger partial charge in [-0.2, -0.15) is 4.31 Å². The summed E-state index contributed by atoms with van der Waals surface area (Å²) in [6, 6.07) is 9.45. The summed E-state index contributed by atoms with van der Waals surface area (Å²) in [4.78, 5) is 27.2. The van der Waals surface area contributed by atoms with E-state index in [0.29, 0.717) is 18.5 Å². The van der Waals surface area contributed by atoms with Crippen LogP contribution >= 0.6 is 39.1 Å². The molecule has 2 aromatic rings. The van der Waals surface area contributed by atoms with Crippen LogP contribution in [0.3, 0.4) is 0 Å². The van der Waals surface area contributed by atoms with Crippen LogP contribution in [0, 0.1) is 0 Å². The summed E-state index contributed by atoms with van der Waals surface area (Å²) in [5.74, 6) is -0.986. The highest BCUT2D eigenvalue weighted by molar-refractivity contribution is 9.10. The van der Waals surface area contributed by atoms with E-state index < -0.39 is 33.9 Å². The maximum Gasteiger partial charge on any atom is 0.252 e. The molecule has 1 saturated heterocycles. The Hall–Kier alpha value is -1.45. The lowest BCUT2D eigenvalue weighted by Gasteiger charge is -2.36. The van der Waals surface area contributed by atoms with Gasteiger partial charge in [0.25, 0.3) is 5.91 Å². The van der Waals surface area contributed by atoms with E-state index in [0.717, 1.165) is 28.6 Å². The van der Waals surface area contributed by atoms with Gasteiger partial charge >= 0.3 is 0 Å². The topological polar surface area (TPSA) is 74.8 Å². The minimum absolute atomic E-state index is 0.0248. The predicted molar refractivity (Wildman–Crippen MR) is 127 cm³/mol. The Labute approximate surface area is 205 Å². The molecular weight excluding hydrogens is 539 g/mol. The molecule has 10 heteroatoms. The number of nitrogens with zero attached hydrogens (tertiary/aromatic N) is 2. The SMILES string of the molecule is O=C1CC(N(C2CCCCC2)S(=O)(=O)c2cc(Cl)ccc2Cl)C(=O)N1c1ccc(Br)cc1. The van der Waals surface area contributed by atoms with E-state index in [9.17, 15) is 18.0 Å². The lowest BCUT2D eigenvalue weighted by Crippen LogP contribution is -2.51. The van der Waals surface area contributed by atoms with E-state index >= 15 is 0 Å². The Balaban J connectivity index is 1.77. The van der Waals surface area contributed by atoms with Crippen LogP contribution in [0.1, 0.15) is 38.5 Å². The third-order valence-electron chi connectivity index (χ3n) is 5.90. The van der Waals surface area contributed by atoms with Gasteiger partial charge in [0.05, 0.1) is 17.1 Å². The molecule has 1 aliphatic carbocycles. The average Bonchev–Trinajstić information content (AvgIpc) is 3.05. The number of benzene rings is 2. The summed E-state index contributed by atoms with van der Waals surface area (Å²) >= 11 is 15.6. The molecule has 0 aromatic heterocycles. The van der Waals surface area contributed by atoms with E-state index in [2.05, 4.69) is 15.9 Å². The van der Waals surface area contributed by atoms with E-state index in [1.54, 1.807) is 24.3 Å². The first-order valence-electron chi connectivity index (χ1n) is 10.3. The second-order valence-corrected chi connectivity index (χ2v) is 11.5. The fourth-order valence-electron chi connectivity index (χ4n) is 4.42. The largest absolute Gasteiger partial charge is 0.274 e. The van der Waals surface area contributed by atoms with Crippen molar-refractivity contribution in [1.29, 1.82) is 0 Å². The van der Waals surface area contributed by atoms with Crippen molar-refractivity contribution in [2.75, 3.05) is 4.90 Å². The number of imide groups is 1. The molecule has 1 saturated carbocycles. The van der Waals surface area contributed by atoms with Crippen LogP contribution in [-0.4, -0.2) is 36.6 Å². The normalized spacial score (nSPS) is 20.4.